The van der Waals surface area contributed by atoms with Gasteiger partial charge >= 0.3 is 0 Å². The molecule has 66 heavy (non-hydrogen) atoms. The monoisotopic (exact) mass is 899 g/mol. The van der Waals surface area contributed by atoms with E-state index in [1.807, 2.05) is 19.2 Å². The summed E-state index contributed by atoms with van der Waals surface area (Å²) in [6.45, 7) is 4.96. The van der Waals surface area contributed by atoms with Crippen molar-refractivity contribution in [2.24, 2.45) is 34.5 Å². The molecule has 0 spiro atoms. The van der Waals surface area contributed by atoms with Crippen LogP contribution in [-0.4, -0.2) is 77.6 Å². The minimum atomic E-state index is -0.727. The molecule has 2 aromatic rings. The zero-order valence-electron chi connectivity index (χ0n) is 40.6. The van der Waals surface area contributed by atoms with Gasteiger partial charge in [0.2, 0.25) is 0 Å². The Morgan fingerprint density at radius 2 is 1.09 bits per heavy atom. The third-order valence-corrected chi connectivity index (χ3v) is 19.3. The van der Waals surface area contributed by atoms with E-state index in [1.165, 1.54) is 45.5 Å². The summed E-state index contributed by atoms with van der Waals surface area (Å²) in [5, 5.41) is 46.3. The smallest absolute Gasteiger partial charge is 0.156 e. The molecule has 0 aliphatic heterocycles. The van der Waals surface area contributed by atoms with Crippen LogP contribution in [0, 0.1) is 34.5 Å². The lowest BCUT2D eigenvalue weighted by Crippen LogP contribution is -2.59. The first-order valence-electron chi connectivity index (χ1n) is 25.8. The summed E-state index contributed by atoms with van der Waals surface area (Å²) in [5.41, 5.74) is 11.8. The lowest BCUT2D eigenvalue weighted by molar-refractivity contribution is -0.168. The van der Waals surface area contributed by atoms with Gasteiger partial charge in [-0.3, -0.25) is 9.59 Å². The number of nitrogens with zero attached hydrogens (tertiary/aromatic N) is 1. The number of hydrogen-bond donors (Lipinski definition) is 5. The van der Waals surface area contributed by atoms with Gasteiger partial charge < -0.3 is 30.6 Å². The number of carbonyl (C=O) groups is 2. The standard InChI is InChI=1S/C30H41NO3.C28H37NO3/c1-29-19-26(20-7-10-22(11-8-20)31(2)3)28-24-14-12-23(33)18-21(24)9-13-25(28)27(29)6-4-15-30(29,34)16-5-17-32;1-27-17-24(18-4-7-20(29-2)8-5-18)26-22-11-9-21(31)16-19(22)6-10-23(26)25(27)12-14-28(27,32)13-3-15-30/h7-8,10-11,18,25-27,32,34H,4-6,9,12-17,19H2,1-3H3;4-5,7-8,16,23-25,29-30,32H,3,6,9-15,17H2,1-2H3/t25-,26+,27-,29+,30-;23?,24-,25?,27-,28-/m01/s1. The summed E-state index contributed by atoms with van der Waals surface area (Å²) in [5.74, 6) is 2.99. The van der Waals surface area contributed by atoms with Crippen molar-refractivity contribution in [2.45, 2.75) is 159 Å². The zero-order chi connectivity index (χ0) is 46.6. The average molecular weight is 899 g/mol. The van der Waals surface area contributed by atoms with Crippen LogP contribution in [0.25, 0.3) is 0 Å². The van der Waals surface area contributed by atoms with Gasteiger partial charge in [0.15, 0.2) is 11.6 Å². The Bertz CT molecular complexity index is 2290. The summed E-state index contributed by atoms with van der Waals surface area (Å²) in [6.07, 6.45) is 20.5. The van der Waals surface area contributed by atoms with E-state index in [1.54, 1.807) is 11.1 Å². The molecule has 10 atom stereocenters. The Hall–Kier alpha value is -3.82. The van der Waals surface area contributed by atoms with Crippen LogP contribution in [-0.2, 0) is 9.59 Å². The molecule has 0 amide bonds. The molecule has 4 saturated carbocycles. The van der Waals surface area contributed by atoms with Crippen molar-refractivity contribution >= 4 is 22.9 Å². The first-order valence-corrected chi connectivity index (χ1v) is 25.8. The maximum Gasteiger partial charge on any atom is 0.156 e. The minimum absolute atomic E-state index is 0.138. The maximum absolute atomic E-state index is 12.2. The zero-order valence-corrected chi connectivity index (χ0v) is 40.6. The van der Waals surface area contributed by atoms with Gasteiger partial charge in [-0.1, -0.05) is 55.7 Å². The molecule has 356 valence electrons. The number of anilines is 2. The first-order chi connectivity index (χ1) is 31.7. The van der Waals surface area contributed by atoms with Gasteiger partial charge in [-0.2, -0.15) is 0 Å². The second kappa shape index (κ2) is 18.6. The Labute approximate surface area is 394 Å². The van der Waals surface area contributed by atoms with Crippen LogP contribution >= 0.6 is 0 Å². The third kappa shape index (κ3) is 8.11. The lowest BCUT2D eigenvalue weighted by atomic mass is 9.44. The van der Waals surface area contributed by atoms with Crippen LogP contribution in [0.5, 0.6) is 0 Å². The number of aliphatic hydroxyl groups excluding tert-OH is 2. The lowest BCUT2D eigenvalue weighted by Gasteiger charge is -2.62. The second-order valence-corrected chi connectivity index (χ2v) is 22.5. The first kappa shape index (κ1) is 47.3. The fourth-order valence-corrected chi connectivity index (χ4v) is 15.8. The Morgan fingerprint density at radius 1 is 0.621 bits per heavy atom. The predicted molar refractivity (Wildman–Crippen MR) is 264 cm³/mol. The molecule has 8 nitrogen and oxygen atoms in total. The van der Waals surface area contributed by atoms with Crippen molar-refractivity contribution in [2.75, 3.05) is 44.6 Å². The highest BCUT2D eigenvalue weighted by atomic mass is 16.3. The van der Waals surface area contributed by atoms with Crippen LogP contribution in [0.1, 0.15) is 159 Å². The SMILES string of the molecule is CN(C)c1ccc([C@H]2C[C@]3(C)[C@@H](CCC[C@]3(O)CCCO)[C@@H]3CCC4=CC(=O)CCC4=C32)cc1.CNc1ccc([C@H]2C[C@]3(C)C(CC[C@]3(O)CCCO)C3CCC4=CC(=O)CCC4=C32)cc1. The molecule has 0 aromatic heterocycles. The van der Waals surface area contributed by atoms with E-state index in [0.29, 0.717) is 62.2 Å². The van der Waals surface area contributed by atoms with Crippen molar-refractivity contribution in [1.29, 1.82) is 0 Å². The van der Waals surface area contributed by atoms with E-state index in [-0.39, 0.29) is 47.4 Å². The molecule has 8 aliphatic carbocycles. The number of ketones is 2. The van der Waals surface area contributed by atoms with Gasteiger partial charge in [-0.05, 0) is 196 Å². The molecule has 2 unspecified atom stereocenters. The van der Waals surface area contributed by atoms with Crippen molar-refractivity contribution in [3.05, 3.63) is 105 Å². The fraction of sp³-hybridized carbons (Fsp3) is 0.621. The van der Waals surface area contributed by atoms with E-state index >= 15 is 0 Å². The van der Waals surface area contributed by atoms with Crippen LogP contribution in [0.3, 0.4) is 0 Å². The molecule has 8 heteroatoms. The van der Waals surface area contributed by atoms with Crippen LogP contribution in [0.2, 0.25) is 0 Å². The van der Waals surface area contributed by atoms with Gasteiger partial charge in [0.25, 0.3) is 0 Å². The quantitative estimate of drug-likeness (QED) is 0.159. The number of nitrogens with one attached hydrogen (secondary N) is 1. The van der Waals surface area contributed by atoms with E-state index < -0.39 is 11.2 Å². The number of hydrogen-bond acceptors (Lipinski definition) is 8. The van der Waals surface area contributed by atoms with Crippen LogP contribution < -0.4 is 10.2 Å². The predicted octanol–water partition coefficient (Wildman–Crippen LogP) is 10.7. The van der Waals surface area contributed by atoms with Crippen molar-refractivity contribution in [3.63, 3.8) is 0 Å². The average Bonchev–Trinajstić information content (AvgIpc) is 3.59. The van der Waals surface area contributed by atoms with E-state index in [4.69, 9.17) is 0 Å². The van der Waals surface area contributed by atoms with E-state index in [0.717, 1.165) is 82.7 Å². The Balaban J connectivity index is 0.000000166. The van der Waals surface area contributed by atoms with Crippen LogP contribution in [0.4, 0.5) is 11.4 Å². The molecule has 5 N–H and O–H groups in total. The molecule has 2 aromatic carbocycles. The Morgan fingerprint density at radius 3 is 1.56 bits per heavy atom. The largest absolute Gasteiger partial charge is 0.396 e. The molecular weight excluding hydrogens is 821 g/mol. The number of aliphatic hydroxyl groups is 4. The number of carbonyl (C=O) groups excluding carboxylic acids is 2. The van der Waals surface area contributed by atoms with Crippen molar-refractivity contribution in [3.8, 4) is 0 Å². The summed E-state index contributed by atoms with van der Waals surface area (Å²) >= 11 is 0. The summed E-state index contributed by atoms with van der Waals surface area (Å²) < 4.78 is 0. The van der Waals surface area contributed by atoms with Gasteiger partial charge in [0, 0.05) is 81.2 Å². The minimum Gasteiger partial charge on any atom is -0.396 e. The van der Waals surface area contributed by atoms with E-state index in [9.17, 15) is 30.0 Å². The Kier molecular flexibility index (Phi) is 13.3. The fourth-order valence-electron chi connectivity index (χ4n) is 15.8. The van der Waals surface area contributed by atoms with Gasteiger partial charge in [-0.15, -0.1) is 0 Å². The highest BCUT2D eigenvalue weighted by Crippen LogP contribution is 2.68. The van der Waals surface area contributed by atoms with Gasteiger partial charge in [0.1, 0.15) is 0 Å². The molecule has 0 saturated heterocycles. The molecule has 10 rings (SSSR count). The van der Waals surface area contributed by atoms with Crippen LogP contribution in [0.15, 0.2) is 94.1 Å². The number of allylic oxidation sites excluding steroid dienone is 8. The van der Waals surface area contributed by atoms with Crippen molar-refractivity contribution < 1.29 is 30.0 Å². The highest BCUT2D eigenvalue weighted by molar-refractivity contribution is 5.93. The molecule has 0 bridgehead atoms. The summed E-state index contributed by atoms with van der Waals surface area (Å²) in [7, 11) is 6.09. The summed E-state index contributed by atoms with van der Waals surface area (Å²) in [4.78, 5) is 26.5. The highest BCUT2D eigenvalue weighted by Gasteiger charge is 2.63. The number of benzene rings is 2. The van der Waals surface area contributed by atoms with Gasteiger partial charge in [-0.25, -0.2) is 0 Å². The van der Waals surface area contributed by atoms with Gasteiger partial charge in [0.05, 0.1) is 11.2 Å². The normalized spacial score (nSPS) is 35.8. The van der Waals surface area contributed by atoms with Crippen molar-refractivity contribution in [1.82, 2.24) is 0 Å². The summed E-state index contributed by atoms with van der Waals surface area (Å²) in [6, 6.07) is 17.8. The number of rotatable bonds is 10. The third-order valence-electron chi connectivity index (χ3n) is 19.3. The maximum atomic E-state index is 12.2. The molecule has 4 fully saturated rings. The topological polar surface area (TPSA) is 130 Å². The molecule has 0 heterocycles. The molecular formula is C58H78N2O6. The number of fused-ring (bicyclic) bond motifs is 8. The van der Waals surface area contributed by atoms with E-state index in [2.05, 4.69) is 86.7 Å². The molecule has 0 radical (unpaired) electrons. The second-order valence-electron chi connectivity index (χ2n) is 22.5. The molecule has 8 aliphatic rings.